The summed E-state index contributed by atoms with van der Waals surface area (Å²) in [6.07, 6.45) is 0.256. The molecule has 27 heavy (non-hydrogen) atoms. The van der Waals surface area contributed by atoms with Gasteiger partial charge in [0.25, 0.3) is 0 Å². The van der Waals surface area contributed by atoms with Crippen LogP contribution in [0.25, 0.3) is 11.0 Å². The van der Waals surface area contributed by atoms with Crippen LogP contribution in [-0.2, 0) is 4.79 Å². The molecule has 0 radical (unpaired) electrons. The van der Waals surface area contributed by atoms with E-state index in [0.29, 0.717) is 22.5 Å². The minimum atomic E-state index is -1.05. The topological polar surface area (TPSA) is 86.0 Å². The van der Waals surface area contributed by atoms with Gasteiger partial charge in [-0.2, -0.15) is 0 Å². The summed E-state index contributed by atoms with van der Waals surface area (Å²) in [6, 6.07) is 11.9. The normalized spacial score (nSPS) is 12.1. The molecular formula is C21H20O6. The fraction of sp³-hybridized carbons (Fsp3) is 0.238. The number of aliphatic carboxylic acids is 1. The number of hydrogen-bond acceptors (Lipinski definition) is 5. The first-order valence-corrected chi connectivity index (χ1v) is 8.54. The second-order valence-corrected chi connectivity index (χ2v) is 6.63. The summed E-state index contributed by atoms with van der Waals surface area (Å²) in [6.45, 7) is 5.45. The summed E-state index contributed by atoms with van der Waals surface area (Å²) in [5, 5.41) is 9.57. The Labute approximate surface area is 156 Å². The van der Waals surface area contributed by atoms with Crippen LogP contribution in [0.1, 0.15) is 19.4 Å². The highest BCUT2D eigenvalue weighted by molar-refractivity contribution is 5.79. The minimum absolute atomic E-state index is 0.0763. The van der Waals surface area contributed by atoms with E-state index in [1.807, 2.05) is 25.1 Å². The van der Waals surface area contributed by atoms with Gasteiger partial charge in [0.05, 0.1) is 5.39 Å². The van der Waals surface area contributed by atoms with Crippen LogP contribution >= 0.6 is 0 Å². The Bertz CT molecular complexity index is 1030. The quantitative estimate of drug-likeness (QED) is 0.695. The van der Waals surface area contributed by atoms with Crippen LogP contribution < -0.4 is 14.9 Å². The molecule has 3 aromatic rings. The van der Waals surface area contributed by atoms with Crippen LogP contribution in [0.15, 0.2) is 57.9 Å². The van der Waals surface area contributed by atoms with Gasteiger partial charge in [0, 0.05) is 12.0 Å². The molecule has 1 unspecified atom stereocenters. The van der Waals surface area contributed by atoms with Crippen molar-refractivity contribution in [1.29, 1.82) is 0 Å². The van der Waals surface area contributed by atoms with E-state index < -0.39 is 12.1 Å². The lowest BCUT2D eigenvalue weighted by molar-refractivity contribution is -0.147. The van der Waals surface area contributed by atoms with Gasteiger partial charge in [-0.05, 0) is 36.8 Å². The van der Waals surface area contributed by atoms with E-state index in [1.54, 1.807) is 32.0 Å². The number of rotatable bonds is 6. The second-order valence-electron chi connectivity index (χ2n) is 6.63. The first kappa shape index (κ1) is 18.5. The third kappa shape index (κ3) is 4.11. The molecule has 1 N–H and O–H groups in total. The zero-order valence-electron chi connectivity index (χ0n) is 15.3. The van der Waals surface area contributed by atoms with E-state index in [2.05, 4.69) is 0 Å². The fourth-order valence-corrected chi connectivity index (χ4v) is 2.66. The molecule has 140 valence electrons. The van der Waals surface area contributed by atoms with Crippen molar-refractivity contribution in [2.75, 3.05) is 0 Å². The number of ether oxygens (including phenoxy) is 2. The Kier molecular flexibility index (Phi) is 5.16. The van der Waals surface area contributed by atoms with Gasteiger partial charge in [-0.3, -0.25) is 4.79 Å². The van der Waals surface area contributed by atoms with E-state index in [1.165, 1.54) is 12.3 Å². The average molecular weight is 368 g/mol. The maximum atomic E-state index is 12.6. The smallest absolute Gasteiger partial charge is 0.345 e. The van der Waals surface area contributed by atoms with E-state index in [0.717, 1.165) is 5.56 Å². The van der Waals surface area contributed by atoms with Gasteiger partial charge in [0.1, 0.15) is 23.3 Å². The summed E-state index contributed by atoms with van der Waals surface area (Å²) in [5.41, 5.74) is 0.988. The molecule has 6 nitrogen and oxygen atoms in total. The molecule has 0 aliphatic rings. The van der Waals surface area contributed by atoms with Gasteiger partial charge in [-0.1, -0.05) is 26.0 Å². The Morgan fingerprint density at radius 2 is 1.89 bits per heavy atom. The highest BCUT2D eigenvalue weighted by atomic mass is 16.5. The van der Waals surface area contributed by atoms with Crippen LogP contribution in [0, 0.1) is 12.8 Å². The van der Waals surface area contributed by atoms with Gasteiger partial charge in [-0.25, -0.2) is 4.79 Å². The average Bonchev–Trinajstić information content (AvgIpc) is 2.61. The zero-order valence-corrected chi connectivity index (χ0v) is 15.3. The van der Waals surface area contributed by atoms with Crippen LogP contribution in [0.4, 0.5) is 0 Å². The summed E-state index contributed by atoms with van der Waals surface area (Å²) < 4.78 is 16.7. The van der Waals surface area contributed by atoms with Crippen molar-refractivity contribution in [3.63, 3.8) is 0 Å². The number of carboxylic acids is 1. The van der Waals surface area contributed by atoms with Gasteiger partial charge < -0.3 is 19.0 Å². The van der Waals surface area contributed by atoms with Crippen LogP contribution in [-0.4, -0.2) is 17.2 Å². The van der Waals surface area contributed by atoms with Gasteiger partial charge in [-0.15, -0.1) is 0 Å². The van der Waals surface area contributed by atoms with Crippen molar-refractivity contribution < 1.29 is 23.8 Å². The Morgan fingerprint density at radius 1 is 1.11 bits per heavy atom. The summed E-state index contributed by atoms with van der Waals surface area (Å²) >= 11 is 0. The molecule has 1 atom stereocenters. The molecule has 0 bridgehead atoms. The van der Waals surface area contributed by atoms with E-state index in [-0.39, 0.29) is 17.1 Å². The van der Waals surface area contributed by atoms with Crippen molar-refractivity contribution in [2.24, 2.45) is 5.92 Å². The number of hydrogen-bond donors (Lipinski definition) is 1. The number of fused-ring (bicyclic) bond motifs is 1. The Hall–Kier alpha value is -3.28. The van der Waals surface area contributed by atoms with Crippen molar-refractivity contribution in [3.05, 3.63) is 64.5 Å². The maximum absolute atomic E-state index is 12.6. The number of benzene rings is 2. The number of carbonyl (C=O) groups is 1. The van der Waals surface area contributed by atoms with Crippen molar-refractivity contribution in [1.82, 2.24) is 0 Å². The van der Waals surface area contributed by atoms with Crippen LogP contribution in [0.3, 0.4) is 0 Å². The molecule has 0 aliphatic carbocycles. The molecule has 0 spiro atoms. The lowest BCUT2D eigenvalue weighted by atomic mass is 10.1. The van der Waals surface area contributed by atoms with Gasteiger partial charge in [0.2, 0.25) is 11.2 Å². The molecule has 3 rings (SSSR count). The lowest BCUT2D eigenvalue weighted by Gasteiger charge is -2.18. The molecular weight excluding hydrogens is 348 g/mol. The molecule has 2 aromatic carbocycles. The molecule has 0 amide bonds. The highest BCUT2D eigenvalue weighted by Crippen LogP contribution is 2.25. The molecule has 0 saturated carbocycles. The maximum Gasteiger partial charge on any atom is 0.345 e. The standard InChI is InChI=1S/C21H20O6/c1-12(2)20(21(23)24)27-15-7-8-16-17(10-15)25-11-18(19(16)22)26-14-6-4-5-13(3)9-14/h4-12,20H,1-3H3,(H,23,24). The van der Waals surface area contributed by atoms with Gasteiger partial charge >= 0.3 is 5.97 Å². The largest absolute Gasteiger partial charge is 0.478 e. The lowest BCUT2D eigenvalue weighted by Crippen LogP contribution is -2.32. The van der Waals surface area contributed by atoms with Gasteiger partial charge in [0.15, 0.2) is 6.10 Å². The second kappa shape index (κ2) is 7.53. The fourth-order valence-electron chi connectivity index (χ4n) is 2.66. The van der Waals surface area contributed by atoms with Crippen LogP contribution in [0.5, 0.6) is 17.2 Å². The zero-order chi connectivity index (χ0) is 19.6. The van der Waals surface area contributed by atoms with E-state index in [4.69, 9.17) is 13.9 Å². The van der Waals surface area contributed by atoms with Crippen molar-refractivity contribution in [2.45, 2.75) is 26.9 Å². The number of aryl methyl sites for hydroxylation is 1. The number of carboxylic acid groups (broad SMARTS) is 1. The molecule has 1 heterocycles. The minimum Gasteiger partial charge on any atom is -0.478 e. The third-order valence-electron chi connectivity index (χ3n) is 4.04. The summed E-state index contributed by atoms with van der Waals surface area (Å²) in [4.78, 5) is 23.9. The molecule has 0 saturated heterocycles. The van der Waals surface area contributed by atoms with E-state index >= 15 is 0 Å². The molecule has 0 fully saturated rings. The Morgan fingerprint density at radius 3 is 2.56 bits per heavy atom. The van der Waals surface area contributed by atoms with Crippen LogP contribution in [0.2, 0.25) is 0 Å². The summed E-state index contributed by atoms with van der Waals surface area (Å²) in [7, 11) is 0. The first-order valence-electron chi connectivity index (χ1n) is 8.54. The highest BCUT2D eigenvalue weighted by Gasteiger charge is 2.23. The predicted molar refractivity (Wildman–Crippen MR) is 101 cm³/mol. The van der Waals surface area contributed by atoms with Crippen molar-refractivity contribution >= 4 is 16.9 Å². The van der Waals surface area contributed by atoms with Crippen molar-refractivity contribution in [3.8, 4) is 17.2 Å². The summed E-state index contributed by atoms with van der Waals surface area (Å²) in [5.74, 6) is -0.321. The monoisotopic (exact) mass is 368 g/mol. The predicted octanol–water partition coefficient (Wildman–Crippen LogP) is 4.38. The molecule has 6 heteroatoms. The first-order chi connectivity index (χ1) is 12.8. The molecule has 1 aromatic heterocycles. The Balaban J connectivity index is 1.91. The third-order valence-corrected chi connectivity index (χ3v) is 4.04. The molecule has 0 aliphatic heterocycles. The SMILES string of the molecule is Cc1cccc(Oc2coc3cc(OC(C(=O)O)C(C)C)ccc3c2=O)c1. The van der Waals surface area contributed by atoms with E-state index in [9.17, 15) is 14.7 Å².